The number of hydrogen-bond donors (Lipinski definition) is 0. The van der Waals surface area contributed by atoms with E-state index in [0.29, 0.717) is 6.42 Å². The smallest absolute Gasteiger partial charge is 0.155 e. The van der Waals surface area contributed by atoms with Crippen LogP contribution in [0.3, 0.4) is 0 Å². The molecule has 0 saturated carbocycles. The molecule has 0 atom stereocenters. The molecule has 0 aliphatic carbocycles. The Kier molecular flexibility index (Phi) is 6.14. The van der Waals surface area contributed by atoms with Gasteiger partial charge in [-0.05, 0) is 12.5 Å². The molecule has 1 heteroatoms. The van der Waals surface area contributed by atoms with Crippen LogP contribution in [-0.4, -0.2) is 5.78 Å². The van der Waals surface area contributed by atoms with Gasteiger partial charge in [-0.25, -0.2) is 0 Å². The van der Waals surface area contributed by atoms with Gasteiger partial charge in [-0.3, -0.25) is 4.79 Å². The topological polar surface area (TPSA) is 17.1 Å². The van der Waals surface area contributed by atoms with Crippen LogP contribution < -0.4 is 0 Å². The van der Waals surface area contributed by atoms with Gasteiger partial charge in [-0.15, -0.1) is 0 Å². The number of ketones is 1. The molecule has 0 aromatic rings. The first kappa shape index (κ1) is 9.41. The highest BCUT2D eigenvalue weighted by atomic mass is 16.1. The van der Waals surface area contributed by atoms with Crippen molar-refractivity contribution in [2.24, 2.45) is 0 Å². The zero-order valence-corrected chi connectivity index (χ0v) is 6.60. The highest BCUT2D eigenvalue weighted by Gasteiger charge is 1.93. The van der Waals surface area contributed by atoms with Crippen molar-refractivity contribution in [3.05, 3.63) is 12.7 Å². The summed E-state index contributed by atoms with van der Waals surface area (Å²) in [7, 11) is 0. The summed E-state index contributed by atoms with van der Waals surface area (Å²) in [6, 6.07) is 0. The van der Waals surface area contributed by atoms with Gasteiger partial charge in [0.1, 0.15) is 0 Å². The van der Waals surface area contributed by atoms with Crippen LogP contribution in [0.15, 0.2) is 6.08 Å². The van der Waals surface area contributed by atoms with Crippen molar-refractivity contribution in [3.63, 3.8) is 0 Å². The van der Waals surface area contributed by atoms with Crippen molar-refractivity contribution >= 4 is 5.78 Å². The van der Waals surface area contributed by atoms with E-state index in [1.165, 1.54) is 12.8 Å². The van der Waals surface area contributed by atoms with Crippen LogP contribution in [0.25, 0.3) is 0 Å². The third-order valence-electron chi connectivity index (χ3n) is 1.46. The van der Waals surface area contributed by atoms with Gasteiger partial charge in [0, 0.05) is 6.42 Å². The largest absolute Gasteiger partial charge is 0.295 e. The Balaban J connectivity index is 3.03. The summed E-state index contributed by atoms with van der Waals surface area (Å²) in [5.41, 5.74) is 0. The van der Waals surface area contributed by atoms with E-state index in [0.717, 1.165) is 18.9 Å². The summed E-state index contributed by atoms with van der Waals surface area (Å²) in [6.45, 7) is 7.16. The first-order chi connectivity index (χ1) is 4.81. The number of carbonyl (C=O) groups is 1. The second-order valence-corrected chi connectivity index (χ2v) is 2.44. The van der Waals surface area contributed by atoms with Crippen LogP contribution in [0.4, 0.5) is 0 Å². The standard InChI is InChI=1S/C9H15O/c1-3-5-6-7-8-9(10)4-2/h2,4H,3,5-8H2,1H3. The van der Waals surface area contributed by atoms with E-state index < -0.39 is 0 Å². The quantitative estimate of drug-likeness (QED) is 0.408. The van der Waals surface area contributed by atoms with Gasteiger partial charge < -0.3 is 0 Å². The average molecular weight is 139 g/mol. The van der Waals surface area contributed by atoms with Crippen molar-refractivity contribution in [1.29, 1.82) is 0 Å². The van der Waals surface area contributed by atoms with Crippen molar-refractivity contribution in [3.8, 4) is 0 Å². The molecule has 0 aliphatic heterocycles. The van der Waals surface area contributed by atoms with E-state index in [2.05, 4.69) is 6.92 Å². The molecule has 0 N–H and O–H groups in total. The van der Waals surface area contributed by atoms with E-state index >= 15 is 0 Å². The molecule has 57 valence electrons. The van der Waals surface area contributed by atoms with Crippen LogP contribution in [0, 0.1) is 6.58 Å². The SMILES string of the molecule is [CH]=CC(=O)CCCCCC. The Labute approximate surface area is 63.1 Å². The maximum Gasteiger partial charge on any atom is 0.155 e. The lowest BCUT2D eigenvalue weighted by Gasteiger charge is -1.94. The number of rotatable bonds is 6. The second-order valence-electron chi connectivity index (χ2n) is 2.44. The second kappa shape index (κ2) is 6.53. The van der Waals surface area contributed by atoms with E-state index in [1.807, 2.05) is 0 Å². The molecule has 0 aliphatic rings. The summed E-state index contributed by atoms with van der Waals surface area (Å²) in [5.74, 6) is 0.0658. The Bertz CT molecular complexity index is 105. The molecule has 0 saturated heterocycles. The molecule has 0 bridgehead atoms. The van der Waals surface area contributed by atoms with Crippen LogP contribution >= 0.6 is 0 Å². The average Bonchev–Trinajstić information content (AvgIpc) is 1.98. The summed E-state index contributed by atoms with van der Waals surface area (Å²) < 4.78 is 0. The molecule has 10 heavy (non-hydrogen) atoms. The maximum absolute atomic E-state index is 10.6. The maximum atomic E-state index is 10.6. The van der Waals surface area contributed by atoms with E-state index in [9.17, 15) is 4.79 Å². The van der Waals surface area contributed by atoms with Crippen molar-refractivity contribution in [2.75, 3.05) is 0 Å². The Hall–Kier alpha value is -0.590. The molecule has 1 radical (unpaired) electrons. The molecule has 1 nitrogen and oxygen atoms in total. The molecule has 0 heterocycles. The first-order valence-electron chi connectivity index (χ1n) is 3.89. The zero-order chi connectivity index (χ0) is 7.82. The van der Waals surface area contributed by atoms with Crippen LogP contribution in [0.5, 0.6) is 0 Å². The lowest BCUT2D eigenvalue weighted by molar-refractivity contribution is -0.114. The van der Waals surface area contributed by atoms with E-state index in [4.69, 9.17) is 6.58 Å². The van der Waals surface area contributed by atoms with E-state index in [-0.39, 0.29) is 5.78 Å². The fourth-order valence-corrected chi connectivity index (χ4v) is 0.809. The summed E-state index contributed by atoms with van der Waals surface area (Å²) in [5, 5.41) is 0. The van der Waals surface area contributed by atoms with Crippen molar-refractivity contribution < 1.29 is 4.79 Å². The highest BCUT2D eigenvalue weighted by molar-refractivity contribution is 5.88. The number of allylic oxidation sites excluding steroid dienone is 1. The minimum atomic E-state index is 0.0658. The van der Waals surface area contributed by atoms with Gasteiger partial charge in [0.15, 0.2) is 5.78 Å². The van der Waals surface area contributed by atoms with Crippen molar-refractivity contribution in [1.82, 2.24) is 0 Å². The fraction of sp³-hybridized carbons (Fsp3) is 0.667. The summed E-state index contributed by atoms with van der Waals surface area (Å²) in [6.07, 6.45) is 6.34. The third-order valence-corrected chi connectivity index (χ3v) is 1.46. The van der Waals surface area contributed by atoms with Crippen LogP contribution in [-0.2, 0) is 4.79 Å². The Morgan fingerprint density at radius 1 is 1.40 bits per heavy atom. The molecule has 0 aromatic heterocycles. The Morgan fingerprint density at radius 3 is 2.60 bits per heavy atom. The summed E-state index contributed by atoms with van der Waals surface area (Å²) >= 11 is 0. The first-order valence-corrected chi connectivity index (χ1v) is 3.89. The lowest BCUT2D eigenvalue weighted by atomic mass is 10.1. The molecule has 0 amide bonds. The number of unbranched alkanes of at least 4 members (excludes halogenated alkanes) is 3. The number of hydrogen-bond acceptors (Lipinski definition) is 1. The molecule has 0 spiro atoms. The van der Waals surface area contributed by atoms with Gasteiger partial charge >= 0.3 is 0 Å². The van der Waals surface area contributed by atoms with Gasteiger partial charge in [0.05, 0.1) is 0 Å². The normalized spacial score (nSPS) is 9.30. The van der Waals surface area contributed by atoms with Gasteiger partial charge in [-0.2, -0.15) is 0 Å². The molecule has 0 fully saturated rings. The highest BCUT2D eigenvalue weighted by Crippen LogP contribution is 2.02. The zero-order valence-electron chi connectivity index (χ0n) is 6.60. The monoisotopic (exact) mass is 139 g/mol. The van der Waals surface area contributed by atoms with Crippen molar-refractivity contribution in [2.45, 2.75) is 39.0 Å². The van der Waals surface area contributed by atoms with Crippen LogP contribution in [0.1, 0.15) is 39.0 Å². The lowest BCUT2D eigenvalue weighted by Crippen LogP contribution is -1.90. The minimum Gasteiger partial charge on any atom is -0.295 e. The van der Waals surface area contributed by atoms with E-state index in [1.54, 1.807) is 0 Å². The molecule has 0 aromatic carbocycles. The third kappa shape index (κ3) is 5.54. The van der Waals surface area contributed by atoms with Crippen LogP contribution in [0.2, 0.25) is 0 Å². The minimum absolute atomic E-state index is 0.0658. The Morgan fingerprint density at radius 2 is 2.10 bits per heavy atom. The van der Waals surface area contributed by atoms with Gasteiger partial charge in [0.25, 0.3) is 0 Å². The fourth-order valence-electron chi connectivity index (χ4n) is 0.809. The molecule has 0 unspecified atom stereocenters. The molecule has 0 rings (SSSR count). The predicted octanol–water partition coefficient (Wildman–Crippen LogP) is 2.52. The predicted molar refractivity (Wildman–Crippen MR) is 42.6 cm³/mol. The summed E-state index contributed by atoms with van der Waals surface area (Å²) in [4.78, 5) is 10.6. The molecular weight excluding hydrogens is 124 g/mol. The molecular formula is C9H15O. The van der Waals surface area contributed by atoms with Gasteiger partial charge in [-0.1, -0.05) is 32.8 Å². The van der Waals surface area contributed by atoms with Gasteiger partial charge in [0.2, 0.25) is 0 Å². The number of carbonyl (C=O) groups excluding carboxylic acids is 1.